The Morgan fingerprint density at radius 3 is 2.04 bits per heavy atom. The van der Waals surface area contributed by atoms with Gasteiger partial charge in [0.2, 0.25) is 0 Å². The van der Waals surface area contributed by atoms with E-state index in [9.17, 15) is 19.5 Å². The monoisotopic (exact) mass is 339 g/mol. The molecule has 0 saturated heterocycles. The van der Waals surface area contributed by atoms with Crippen LogP contribution in [0, 0.1) is 0 Å². The Labute approximate surface area is 144 Å². The van der Waals surface area contributed by atoms with Gasteiger partial charge in [-0.2, -0.15) is 0 Å². The Kier molecular flexibility index (Phi) is 4.52. The molecular formula is C19H17NO5. The molecule has 3 rings (SSSR count). The van der Waals surface area contributed by atoms with Crippen LogP contribution in [0.1, 0.15) is 24.0 Å². The first kappa shape index (κ1) is 16.7. The summed E-state index contributed by atoms with van der Waals surface area (Å²) in [5, 5.41) is 12.2. The van der Waals surface area contributed by atoms with Gasteiger partial charge in [0.05, 0.1) is 0 Å². The molecule has 6 nitrogen and oxygen atoms in total. The second kappa shape index (κ2) is 6.76. The number of esters is 1. The largest absolute Gasteiger partial charge is 0.480 e. The van der Waals surface area contributed by atoms with Crippen LogP contribution in [0.3, 0.4) is 0 Å². The third-order valence-corrected chi connectivity index (χ3v) is 4.20. The highest BCUT2D eigenvalue weighted by molar-refractivity contribution is 5.89. The van der Waals surface area contributed by atoms with Crippen molar-refractivity contribution in [1.82, 2.24) is 5.32 Å². The van der Waals surface area contributed by atoms with E-state index in [1.54, 1.807) is 0 Å². The molecule has 1 aliphatic rings. The molecule has 128 valence electrons. The summed E-state index contributed by atoms with van der Waals surface area (Å²) < 4.78 is 4.64. The summed E-state index contributed by atoms with van der Waals surface area (Å²) in [5.41, 5.74) is 3.62. The first-order chi connectivity index (χ1) is 12.0. The molecule has 0 spiro atoms. The Bertz CT molecular complexity index is 800. The predicted octanol–water partition coefficient (Wildman–Crippen LogP) is 1.93. The maximum Gasteiger partial charge on any atom is 0.327 e. The molecule has 1 atom stereocenters. The molecule has 0 fully saturated rings. The number of amides is 1. The Balaban J connectivity index is 1.95. The van der Waals surface area contributed by atoms with Gasteiger partial charge in [-0.1, -0.05) is 48.5 Å². The van der Waals surface area contributed by atoms with Crippen molar-refractivity contribution < 1.29 is 24.2 Å². The van der Waals surface area contributed by atoms with Crippen molar-refractivity contribution in [3.63, 3.8) is 0 Å². The molecule has 6 heteroatoms. The molecule has 0 unspecified atom stereocenters. The summed E-state index contributed by atoms with van der Waals surface area (Å²) in [5.74, 6) is -2.90. The number of hydrogen-bond donors (Lipinski definition) is 2. The molecule has 0 heterocycles. The van der Waals surface area contributed by atoms with E-state index in [-0.39, 0.29) is 0 Å². The van der Waals surface area contributed by atoms with Gasteiger partial charge in [0.15, 0.2) is 6.61 Å². The minimum atomic E-state index is -1.16. The molecule has 1 aliphatic carbocycles. The lowest BCUT2D eigenvalue weighted by Crippen LogP contribution is -2.46. The molecule has 0 radical (unpaired) electrons. The van der Waals surface area contributed by atoms with Crippen LogP contribution in [0.2, 0.25) is 0 Å². The van der Waals surface area contributed by atoms with Crippen LogP contribution in [0.25, 0.3) is 11.1 Å². The van der Waals surface area contributed by atoms with E-state index in [2.05, 4.69) is 10.1 Å². The fourth-order valence-corrected chi connectivity index (χ4v) is 3.22. The average Bonchev–Trinajstić information content (AvgIpc) is 2.92. The Morgan fingerprint density at radius 2 is 1.56 bits per heavy atom. The van der Waals surface area contributed by atoms with Gasteiger partial charge in [-0.15, -0.1) is 0 Å². The first-order valence-corrected chi connectivity index (χ1v) is 7.83. The number of fused-ring (bicyclic) bond motifs is 3. The number of carboxylic acid groups (broad SMARTS) is 1. The third-order valence-electron chi connectivity index (χ3n) is 4.20. The summed E-state index contributed by atoms with van der Waals surface area (Å²) in [7, 11) is 0. The second-order valence-corrected chi connectivity index (χ2v) is 5.82. The van der Waals surface area contributed by atoms with Crippen LogP contribution in [0.15, 0.2) is 48.5 Å². The molecular weight excluding hydrogens is 322 g/mol. The van der Waals surface area contributed by atoms with Crippen LogP contribution >= 0.6 is 0 Å². The standard InChI is InChI=1S/C19H17NO5/c1-11(21)25-10-16(22)20-18(19(23)24)17-14-8-4-2-6-12(14)13-7-3-5-9-15(13)17/h2-9,17-18H,10H2,1H3,(H,20,22)(H,23,24)/t18-/m1/s1. The molecule has 0 aromatic heterocycles. The first-order valence-electron chi connectivity index (χ1n) is 7.83. The molecule has 0 bridgehead atoms. The summed E-state index contributed by atoms with van der Waals surface area (Å²) in [6, 6.07) is 13.9. The average molecular weight is 339 g/mol. The van der Waals surface area contributed by atoms with E-state index >= 15 is 0 Å². The van der Waals surface area contributed by atoms with Gasteiger partial charge in [-0.3, -0.25) is 9.59 Å². The van der Waals surface area contributed by atoms with Gasteiger partial charge in [0, 0.05) is 12.8 Å². The van der Waals surface area contributed by atoms with Crippen molar-refractivity contribution in [3.05, 3.63) is 59.7 Å². The van der Waals surface area contributed by atoms with E-state index in [0.29, 0.717) is 0 Å². The SMILES string of the molecule is CC(=O)OCC(=O)N[C@@H](C(=O)O)C1c2ccccc2-c2ccccc21. The zero-order chi connectivity index (χ0) is 18.0. The number of carbonyl (C=O) groups is 3. The van der Waals surface area contributed by atoms with Gasteiger partial charge in [-0.25, -0.2) is 4.79 Å². The van der Waals surface area contributed by atoms with Crippen molar-refractivity contribution in [3.8, 4) is 11.1 Å². The molecule has 2 aromatic rings. The van der Waals surface area contributed by atoms with E-state index in [0.717, 1.165) is 22.3 Å². The fourth-order valence-electron chi connectivity index (χ4n) is 3.22. The normalized spacial score (nSPS) is 13.5. The number of rotatable bonds is 5. The van der Waals surface area contributed by atoms with Crippen molar-refractivity contribution in [1.29, 1.82) is 0 Å². The van der Waals surface area contributed by atoms with Crippen molar-refractivity contribution in [2.75, 3.05) is 6.61 Å². The van der Waals surface area contributed by atoms with Gasteiger partial charge >= 0.3 is 11.9 Å². The highest BCUT2D eigenvalue weighted by Gasteiger charge is 2.38. The molecule has 0 aliphatic heterocycles. The lowest BCUT2D eigenvalue weighted by molar-refractivity contribution is -0.148. The number of ether oxygens (including phenoxy) is 1. The fraction of sp³-hybridized carbons (Fsp3) is 0.211. The van der Waals surface area contributed by atoms with E-state index in [1.807, 2.05) is 48.5 Å². The van der Waals surface area contributed by atoms with Gasteiger partial charge in [0.25, 0.3) is 5.91 Å². The molecule has 2 N–H and O–H groups in total. The van der Waals surface area contributed by atoms with Crippen LogP contribution in [-0.2, 0) is 19.1 Å². The minimum Gasteiger partial charge on any atom is -0.480 e. The maximum atomic E-state index is 12.0. The topological polar surface area (TPSA) is 92.7 Å². The van der Waals surface area contributed by atoms with E-state index in [4.69, 9.17) is 0 Å². The van der Waals surface area contributed by atoms with Crippen molar-refractivity contribution in [2.24, 2.45) is 0 Å². The highest BCUT2D eigenvalue weighted by Crippen LogP contribution is 2.46. The van der Waals surface area contributed by atoms with Crippen LogP contribution < -0.4 is 5.32 Å². The van der Waals surface area contributed by atoms with E-state index < -0.39 is 36.4 Å². The summed E-state index contributed by atoms with van der Waals surface area (Å²) in [6.07, 6.45) is 0. The number of carbonyl (C=O) groups excluding carboxylic acids is 2. The quantitative estimate of drug-likeness (QED) is 0.812. The number of nitrogens with one attached hydrogen (secondary N) is 1. The number of aliphatic carboxylic acids is 1. The molecule has 1 amide bonds. The predicted molar refractivity (Wildman–Crippen MR) is 89.9 cm³/mol. The minimum absolute atomic E-state index is 0.505. The third kappa shape index (κ3) is 3.24. The summed E-state index contributed by atoms with van der Waals surface area (Å²) >= 11 is 0. The van der Waals surface area contributed by atoms with E-state index in [1.165, 1.54) is 6.92 Å². The summed E-state index contributed by atoms with van der Waals surface area (Å²) in [4.78, 5) is 34.7. The zero-order valence-corrected chi connectivity index (χ0v) is 13.6. The smallest absolute Gasteiger partial charge is 0.327 e. The summed E-state index contributed by atoms with van der Waals surface area (Å²) in [6.45, 7) is 0.681. The number of carboxylic acids is 1. The van der Waals surface area contributed by atoms with Gasteiger partial charge in [-0.05, 0) is 22.3 Å². The Hall–Kier alpha value is -3.15. The van der Waals surface area contributed by atoms with Crippen LogP contribution in [-0.4, -0.2) is 35.6 Å². The van der Waals surface area contributed by atoms with Crippen molar-refractivity contribution >= 4 is 17.8 Å². The Morgan fingerprint density at radius 1 is 1.04 bits per heavy atom. The second-order valence-electron chi connectivity index (χ2n) is 5.82. The van der Waals surface area contributed by atoms with Gasteiger partial charge in [0.1, 0.15) is 6.04 Å². The number of benzene rings is 2. The number of hydrogen-bond acceptors (Lipinski definition) is 4. The highest BCUT2D eigenvalue weighted by atomic mass is 16.5. The molecule has 2 aromatic carbocycles. The van der Waals surface area contributed by atoms with Crippen molar-refractivity contribution in [2.45, 2.75) is 18.9 Å². The maximum absolute atomic E-state index is 12.0. The lowest BCUT2D eigenvalue weighted by Gasteiger charge is -2.23. The zero-order valence-electron chi connectivity index (χ0n) is 13.6. The van der Waals surface area contributed by atoms with Crippen LogP contribution in [0.5, 0.6) is 0 Å². The van der Waals surface area contributed by atoms with Gasteiger partial charge < -0.3 is 15.2 Å². The molecule has 0 saturated carbocycles. The lowest BCUT2D eigenvalue weighted by atomic mass is 9.89. The van der Waals surface area contributed by atoms with Crippen LogP contribution in [0.4, 0.5) is 0 Å². The molecule has 25 heavy (non-hydrogen) atoms.